The molecule has 1 aliphatic carbocycles. The van der Waals surface area contributed by atoms with E-state index < -0.39 is 7.12 Å². The molecule has 1 aliphatic heterocycles. The molecule has 2 fully saturated rings. The van der Waals surface area contributed by atoms with Gasteiger partial charge in [-0.2, -0.15) is 0 Å². The summed E-state index contributed by atoms with van der Waals surface area (Å²) in [5.41, 5.74) is 3.03. The molecule has 27 heavy (non-hydrogen) atoms. The van der Waals surface area contributed by atoms with Gasteiger partial charge in [-0.05, 0) is 69.6 Å². The summed E-state index contributed by atoms with van der Waals surface area (Å²) in [6.45, 7) is 8.14. The number of hydrogen-bond acceptors (Lipinski definition) is 4. The first-order chi connectivity index (χ1) is 12.7. The van der Waals surface area contributed by atoms with Gasteiger partial charge in [0.25, 0.3) is 0 Å². The SMILES string of the molecule is CC1(C)OB(c2ccc(C(=O)Cc3cc(C4CC4)ccn3)cc2)OC1(C)C. The summed E-state index contributed by atoms with van der Waals surface area (Å²) in [4.78, 5) is 17.0. The van der Waals surface area contributed by atoms with Crippen LogP contribution < -0.4 is 5.46 Å². The van der Waals surface area contributed by atoms with Gasteiger partial charge in [0, 0.05) is 17.5 Å². The molecule has 2 aliphatic rings. The van der Waals surface area contributed by atoms with Crippen molar-refractivity contribution < 1.29 is 14.1 Å². The number of Topliss-reactive ketones (excluding diaryl/α,β-unsaturated/α-hetero) is 1. The molecule has 0 radical (unpaired) electrons. The number of aromatic nitrogens is 1. The van der Waals surface area contributed by atoms with Crippen LogP contribution in [0.3, 0.4) is 0 Å². The third kappa shape index (κ3) is 3.71. The Morgan fingerprint density at radius 3 is 2.30 bits per heavy atom. The van der Waals surface area contributed by atoms with Crippen molar-refractivity contribution in [3.63, 3.8) is 0 Å². The maximum Gasteiger partial charge on any atom is 0.494 e. The molecule has 1 aromatic carbocycles. The summed E-state index contributed by atoms with van der Waals surface area (Å²) >= 11 is 0. The van der Waals surface area contributed by atoms with Crippen LogP contribution in [0.25, 0.3) is 0 Å². The highest BCUT2D eigenvalue weighted by Crippen LogP contribution is 2.40. The van der Waals surface area contributed by atoms with Gasteiger partial charge in [0.1, 0.15) is 0 Å². The lowest BCUT2D eigenvalue weighted by Gasteiger charge is -2.32. The molecule has 0 unspecified atom stereocenters. The van der Waals surface area contributed by atoms with E-state index in [-0.39, 0.29) is 17.0 Å². The highest BCUT2D eigenvalue weighted by atomic mass is 16.7. The zero-order valence-corrected chi connectivity index (χ0v) is 16.5. The van der Waals surface area contributed by atoms with Crippen molar-refractivity contribution in [2.75, 3.05) is 0 Å². The highest BCUT2D eigenvalue weighted by molar-refractivity contribution is 6.62. The smallest absolute Gasteiger partial charge is 0.399 e. The maximum atomic E-state index is 12.6. The van der Waals surface area contributed by atoms with E-state index in [0.717, 1.165) is 11.2 Å². The van der Waals surface area contributed by atoms with Gasteiger partial charge in [-0.25, -0.2) is 0 Å². The normalized spacial score (nSPS) is 20.7. The molecule has 2 heterocycles. The number of carbonyl (C=O) groups is 1. The Morgan fingerprint density at radius 2 is 1.70 bits per heavy atom. The summed E-state index contributed by atoms with van der Waals surface area (Å²) in [6, 6.07) is 11.7. The predicted molar refractivity (Wildman–Crippen MR) is 106 cm³/mol. The van der Waals surface area contributed by atoms with Crippen molar-refractivity contribution in [1.82, 2.24) is 4.98 Å². The van der Waals surface area contributed by atoms with Crippen LogP contribution in [0, 0.1) is 0 Å². The minimum atomic E-state index is -0.406. The first-order valence-electron chi connectivity index (χ1n) is 9.69. The molecular weight excluding hydrogens is 337 g/mol. The van der Waals surface area contributed by atoms with E-state index in [9.17, 15) is 4.79 Å². The molecule has 4 rings (SSSR count). The molecule has 0 amide bonds. The fourth-order valence-corrected chi connectivity index (χ4v) is 3.34. The van der Waals surface area contributed by atoms with E-state index in [2.05, 4.69) is 17.1 Å². The molecule has 1 saturated carbocycles. The Kier molecular flexibility index (Phi) is 4.48. The van der Waals surface area contributed by atoms with Gasteiger partial charge in [0.15, 0.2) is 5.78 Å². The Labute approximate surface area is 161 Å². The van der Waals surface area contributed by atoms with Crippen LogP contribution in [0.4, 0.5) is 0 Å². The van der Waals surface area contributed by atoms with Crippen molar-refractivity contribution in [2.24, 2.45) is 0 Å². The second kappa shape index (κ2) is 6.57. The van der Waals surface area contributed by atoms with Crippen molar-refractivity contribution in [3.05, 3.63) is 59.4 Å². The van der Waals surface area contributed by atoms with Crippen LogP contribution in [0.15, 0.2) is 42.6 Å². The topological polar surface area (TPSA) is 48.4 Å². The van der Waals surface area contributed by atoms with Gasteiger partial charge in [0.05, 0.1) is 17.6 Å². The number of benzene rings is 1. The summed E-state index contributed by atoms with van der Waals surface area (Å²) in [7, 11) is -0.406. The molecule has 0 atom stereocenters. The second-order valence-electron chi connectivity index (χ2n) is 8.66. The molecule has 0 spiro atoms. The minimum absolute atomic E-state index is 0.0796. The number of hydrogen-bond donors (Lipinski definition) is 0. The molecule has 140 valence electrons. The molecule has 4 nitrogen and oxygen atoms in total. The van der Waals surface area contributed by atoms with Crippen LogP contribution >= 0.6 is 0 Å². The second-order valence-corrected chi connectivity index (χ2v) is 8.66. The largest absolute Gasteiger partial charge is 0.494 e. The molecule has 0 N–H and O–H groups in total. The Balaban J connectivity index is 1.44. The van der Waals surface area contributed by atoms with Crippen LogP contribution in [0.5, 0.6) is 0 Å². The van der Waals surface area contributed by atoms with Crippen LogP contribution in [-0.4, -0.2) is 29.1 Å². The number of ketones is 1. The predicted octanol–water partition coefficient (Wildman–Crippen LogP) is 3.68. The fraction of sp³-hybridized carbons (Fsp3) is 0.455. The van der Waals surface area contributed by atoms with E-state index in [1.807, 2.05) is 58.2 Å². The van der Waals surface area contributed by atoms with E-state index in [4.69, 9.17) is 9.31 Å². The van der Waals surface area contributed by atoms with Gasteiger partial charge in [0.2, 0.25) is 0 Å². The molecule has 2 aromatic rings. The average Bonchev–Trinajstić information content (AvgIpc) is 3.43. The third-order valence-corrected chi connectivity index (χ3v) is 5.99. The zero-order valence-electron chi connectivity index (χ0n) is 16.5. The Hall–Kier alpha value is -1.98. The summed E-state index contributed by atoms with van der Waals surface area (Å²) in [5, 5.41) is 0. The average molecular weight is 363 g/mol. The van der Waals surface area contributed by atoms with Crippen molar-refractivity contribution in [2.45, 2.75) is 64.1 Å². The van der Waals surface area contributed by atoms with E-state index >= 15 is 0 Å². The molecular formula is C22H26BNO3. The first kappa shape index (κ1) is 18.4. The first-order valence-corrected chi connectivity index (χ1v) is 9.69. The highest BCUT2D eigenvalue weighted by Gasteiger charge is 2.51. The van der Waals surface area contributed by atoms with Crippen LogP contribution in [0.1, 0.15) is 68.1 Å². The van der Waals surface area contributed by atoms with Crippen LogP contribution in [-0.2, 0) is 15.7 Å². The monoisotopic (exact) mass is 363 g/mol. The number of pyridine rings is 1. The van der Waals surface area contributed by atoms with Gasteiger partial charge in [-0.1, -0.05) is 24.3 Å². The zero-order chi connectivity index (χ0) is 19.2. The maximum absolute atomic E-state index is 12.6. The van der Waals surface area contributed by atoms with Gasteiger partial charge in [-0.15, -0.1) is 0 Å². The lowest BCUT2D eigenvalue weighted by Crippen LogP contribution is -2.41. The number of carbonyl (C=O) groups excluding carboxylic acids is 1. The van der Waals surface area contributed by atoms with Gasteiger partial charge in [-0.3, -0.25) is 9.78 Å². The quantitative estimate of drug-likeness (QED) is 0.601. The molecule has 5 heteroatoms. The van der Waals surface area contributed by atoms with Crippen LogP contribution in [0.2, 0.25) is 0 Å². The van der Waals surface area contributed by atoms with Crippen molar-refractivity contribution in [3.8, 4) is 0 Å². The van der Waals surface area contributed by atoms with Gasteiger partial charge < -0.3 is 9.31 Å². The van der Waals surface area contributed by atoms with E-state index in [0.29, 0.717) is 17.9 Å². The van der Waals surface area contributed by atoms with E-state index in [1.54, 1.807) is 0 Å². The Morgan fingerprint density at radius 1 is 1.07 bits per heavy atom. The minimum Gasteiger partial charge on any atom is -0.399 e. The molecule has 1 aromatic heterocycles. The Bertz CT molecular complexity index is 840. The lowest BCUT2D eigenvalue weighted by atomic mass is 9.78. The molecule has 1 saturated heterocycles. The number of rotatable bonds is 5. The van der Waals surface area contributed by atoms with Crippen molar-refractivity contribution in [1.29, 1.82) is 0 Å². The lowest BCUT2D eigenvalue weighted by molar-refractivity contribution is 0.00578. The fourth-order valence-electron chi connectivity index (χ4n) is 3.34. The summed E-state index contributed by atoms with van der Waals surface area (Å²) < 4.78 is 12.1. The third-order valence-electron chi connectivity index (χ3n) is 5.99. The van der Waals surface area contributed by atoms with E-state index in [1.165, 1.54) is 18.4 Å². The number of nitrogens with zero attached hydrogens (tertiary/aromatic N) is 1. The van der Waals surface area contributed by atoms with Crippen molar-refractivity contribution >= 4 is 18.4 Å². The standard InChI is InChI=1S/C22H26BNO3/c1-21(2)22(3,4)27-23(26-21)18-9-7-16(8-10-18)20(25)14-19-13-17(11-12-24-19)15-5-6-15/h7-13,15H,5-6,14H2,1-4H3. The molecule has 0 bridgehead atoms. The summed E-state index contributed by atoms with van der Waals surface area (Å²) in [5.74, 6) is 0.747. The summed E-state index contributed by atoms with van der Waals surface area (Å²) in [6.07, 6.45) is 4.64. The van der Waals surface area contributed by atoms with Gasteiger partial charge >= 0.3 is 7.12 Å².